The lowest BCUT2D eigenvalue weighted by Crippen LogP contribution is -2.30. The number of halogens is 1. The molecule has 2 aromatic carbocycles. The summed E-state index contributed by atoms with van der Waals surface area (Å²) in [6.45, 7) is 0. The molecule has 1 aliphatic heterocycles. The molecule has 7 heteroatoms. The molecular weight excluding hydrogens is 350 g/mol. The van der Waals surface area contributed by atoms with Crippen LogP contribution in [0.2, 0.25) is 5.02 Å². The lowest BCUT2D eigenvalue weighted by molar-refractivity contribution is -0.117. The number of rotatable bonds is 3. The highest BCUT2D eigenvalue weighted by molar-refractivity contribution is 7.94. The minimum absolute atomic E-state index is 0.307. The molecule has 0 saturated heterocycles. The van der Waals surface area contributed by atoms with Crippen LogP contribution in [-0.2, 0) is 14.6 Å². The van der Waals surface area contributed by atoms with Gasteiger partial charge < -0.3 is 5.11 Å². The van der Waals surface area contributed by atoms with Gasteiger partial charge in [-0.3, -0.25) is 9.69 Å². The highest BCUT2D eigenvalue weighted by Crippen LogP contribution is 2.42. The third-order valence-corrected chi connectivity index (χ3v) is 5.25. The van der Waals surface area contributed by atoms with Crippen LogP contribution < -0.4 is 4.90 Å². The largest absolute Gasteiger partial charge is 0.502 e. The Bertz CT molecular complexity index is 921. The van der Waals surface area contributed by atoms with Crippen LogP contribution in [0, 0.1) is 0 Å². The smallest absolute Gasteiger partial charge is 0.295 e. The maximum absolute atomic E-state index is 12.5. The van der Waals surface area contributed by atoms with Crippen LogP contribution >= 0.6 is 11.6 Å². The Balaban J connectivity index is 2.23. The van der Waals surface area contributed by atoms with Crippen molar-refractivity contribution < 1.29 is 18.3 Å². The lowest BCUT2D eigenvalue weighted by atomic mass is 10.1. The zero-order valence-electron chi connectivity index (χ0n) is 12.7. The topological polar surface area (TPSA) is 74.7 Å². The van der Waals surface area contributed by atoms with Crippen LogP contribution in [-0.4, -0.2) is 25.7 Å². The van der Waals surface area contributed by atoms with Crippen molar-refractivity contribution in [3.8, 4) is 0 Å². The van der Waals surface area contributed by atoms with Crippen molar-refractivity contribution in [2.45, 2.75) is 6.04 Å². The van der Waals surface area contributed by atoms with Gasteiger partial charge in [-0.25, -0.2) is 8.42 Å². The van der Waals surface area contributed by atoms with Crippen molar-refractivity contribution in [1.82, 2.24) is 0 Å². The quantitative estimate of drug-likeness (QED) is 0.908. The van der Waals surface area contributed by atoms with Gasteiger partial charge >= 0.3 is 0 Å². The van der Waals surface area contributed by atoms with Crippen LogP contribution in [0.4, 0.5) is 5.69 Å². The number of hydrogen-bond acceptors (Lipinski definition) is 4. The van der Waals surface area contributed by atoms with Crippen LogP contribution in [0.15, 0.2) is 65.3 Å². The molecule has 1 aliphatic rings. The predicted octanol–water partition coefficient (Wildman–Crippen LogP) is 3.24. The molecule has 0 aliphatic carbocycles. The van der Waals surface area contributed by atoms with Gasteiger partial charge in [0.25, 0.3) is 5.91 Å². The third-order valence-electron chi connectivity index (χ3n) is 3.78. The van der Waals surface area contributed by atoms with Gasteiger partial charge in [-0.1, -0.05) is 41.9 Å². The molecule has 0 spiro atoms. The number of amides is 1. The minimum Gasteiger partial charge on any atom is -0.502 e. The zero-order chi connectivity index (χ0) is 17.5. The van der Waals surface area contributed by atoms with Gasteiger partial charge in [-0.2, -0.15) is 0 Å². The number of hydrogen-bond donors (Lipinski definition) is 1. The molecule has 1 N–H and O–H groups in total. The Kier molecular flexibility index (Phi) is 4.11. The van der Waals surface area contributed by atoms with Crippen LogP contribution in [0.5, 0.6) is 0 Å². The summed E-state index contributed by atoms with van der Waals surface area (Å²) in [6.07, 6.45) is 0.975. The molecular formula is C17H14ClNO4S. The van der Waals surface area contributed by atoms with Gasteiger partial charge in [-0.05, 0) is 29.8 Å². The summed E-state index contributed by atoms with van der Waals surface area (Å²) in [5.74, 6) is -1.50. The summed E-state index contributed by atoms with van der Waals surface area (Å²) in [5.41, 5.74) is 1.04. The summed E-state index contributed by atoms with van der Waals surface area (Å²) >= 11 is 5.90. The summed E-state index contributed by atoms with van der Waals surface area (Å²) in [5, 5.41) is 10.7. The maximum atomic E-state index is 12.5. The first-order chi connectivity index (χ1) is 11.3. The number of sulfone groups is 1. The monoisotopic (exact) mass is 363 g/mol. The fourth-order valence-electron chi connectivity index (χ4n) is 2.76. The number of carbonyl (C=O) groups excluding carboxylic acids is 1. The molecule has 0 bridgehead atoms. The van der Waals surface area contributed by atoms with E-state index in [9.17, 15) is 18.3 Å². The fourth-order valence-corrected chi connectivity index (χ4v) is 3.97. The van der Waals surface area contributed by atoms with E-state index in [2.05, 4.69) is 0 Å². The molecule has 1 heterocycles. The third kappa shape index (κ3) is 2.79. The number of benzene rings is 2. The summed E-state index contributed by atoms with van der Waals surface area (Å²) in [7, 11) is -3.80. The van der Waals surface area contributed by atoms with Gasteiger partial charge in [0.15, 0.2) is 15.6 Å². The van der Waals surface area contributed by atoms with Gasteiger partial charge in [0.1, 0.15) is 10.9 Å². The number of anilines is 1. The van der Waals surface area contributed by atoms with Crippen LogP contribution in [0.3, 0.4) is 0 Å². The highest BCUT2D eigenvalue weighted by atomic mass is 35.5. The SMILES string of the molecule is CS(=O)(=O)C1=C(O)C(=O)N(c2ccccc2)[C@@H]1c1ccc(Cl)cc1. The number of para-hydroxylation sites is 1. The van der Waals surface area contributed by atoms with Crippen LogP contribution in [0.25, 0.3) is 0 Å². The molecule has 0 radical (unpaired) electrons. The van der Waals surface area contributed by atoms with E-state index in [-0.39, 0.29) is 4.91 Å². The second-order valence-electron chi connectivity index (χ2n) is 5.45. The van der Waals surface area contributed by atoms with Crippen molar-refractivity contribution in [2.24, 2.45) is 0 Å². The molecule has 124 valence electrons. The van der Waals surface area contributed by atoms with E-state index in [4.69, 9.17) is 11.6 Å². The second kappa shape index (κ2) is 5.96. The predicted molar refractivity (Wildman–Crippen MR) is 92.6 cm³/mol. The van der Waals surface area contributed by atoms with E-state index in [1.54, 1.807) is 54.6 Å². The molecule has 3 rings (SSSR count). The Morgan fingerprint density at radius 1 is 1.04 bits per heavy atom. The molecule has 1 amide bonds. The van der Waals surface area contributed by atoms with Crippen LogP contribution in [0.1, 0.15) is 11.6 Å². The Morgan fingerprint density at radius 3 is 2.17 bits per heavy atom. The van der Waals surface area contributed by atoms with Crippen molar-refractivity contribution >= 4 is 33.0 Å². The first kappa shape index (κ1) is 16.5. The average molecular weight is 364 g/mol. The number of aliphatic hydroxyl groups is 1. The van der Waals surface area contributed by atoms with E-state index >= 15 is 0 Å². The van der Waals surface area contributed by atoms with Gasteiger partial charge in [-0.15, -0.1) is 0 Å². The van der Waals surface area contributed by atoms with Crippen molar-refractivity contribution in [3.63, 3.8) is 0 Å². The first-order valence-electron chi connectivity index (χ1n) is 7.08. The molecule has 2 aromatic rings. The summed E-state index contributed by atoms with van der Waals surface area (Å²) < 4.78 is 24.4. The molecule has 1 atom stereocenters. The molecule has 5 nitrogen and oxygen atoms in total. The molecule has 0 fully saturated rings. The lowest BCUT2D eigenvalue weighted by Gasteiger charge is -2.26. The second-order valence-corrected chi connectivity index (χ2v) is 7.87. The average Bonchev–Trinajstić information content (AvgIpc) is 2.81. The molecule has 24 heavy (non-hydrogen) atoms. The van der Waals surface area contributed by atoms with Crippen molar-refractivity contribution in [3.05, 3.63) is 75.8 Å². The minimum atomic E-state index is -3.80. The van der Waals surface area contributed by atoms with E-state index in [1.807, 2.05) is 0 Å². The Hall–Kier alpha value is -2.31. The maximum Gasteiger partial charge on any atom is 0.295 e. The number of nitrogens with zero attached hydrogens (tertiary/aromatic N) is 1. The fraction of sp³-hybridized carbons (Fsp3) is 0.118. The van der Waals surface area contributed by atoms with Gasteiger partial charge in [0.05, 0.1) is 0 Å². The van der Waals surface area contributed by atoms with Crippen molar-refractivity contribution in [1.29, 1.82) is 0 Å². The van der Waals surface area contributed by atoms with Gasteiger partial charge in [0.2, 0.25) is 0 Å². The van der Waals surface area contributed by atoms with E-state index in [1.165, 1.54) is 4.90 Å². The first-order valence-corrected chi connectivity index (χ1v) is 9.35. The summed E-state index contributed by atoms with van der Waals surface area (Å²) in [4.78, 5) is 13.5. The number of carbonyl (C=O) groups is 1. The Morgan fingerprint density at radius 2 is 1.62 bits per heavy atom. The van der Waals surface area contributed by atoms with Gasteiger partial charge in [0, 0.05) is 17.0 Å². The molecule has 0 saturated carbocycles. The summed E-state index contributed by atoms with van der Waals surface area (Å²) in [6, 6.07) is 14.2. The molecule has 0 unspecified atom stereocenters. The van der Waals surface area contributed by atoms with E-state index in [0.717, 1.165) is 6.26 Å². The standard InChI is InChI=1S/C17H14ClNO4S/c1-24(22,23)16-14(11-7-9-12(18)10-8-11)19(17(21)15(16)20)13-5-3-2-4-6-13/h2-10,14,20H,1H3/t14-/m1/s1. The zero-order valence-corrected chi connectivity index (χ0v) is 14.3. The highest BCUT2D eigenvalue weighted by Gasteiger charge is 2.45. The van der Waals surface area contributed by atoms with E-state index < -0.39 is 27.5 Å². The van der Waals surface area contributed by atoms with E-state index in [0.29, 0.717) is 16.3 Å². The number of aliphatic hydroxyl groups excluding tert-OH is 1. The molecule has 0 aromatic heterocycles. The Labute approximate surface area is 144 Å². The van der Waals surface area contributed by atoms with Crippen molar-refractivity contribution in [2.75, 3.05) is 11.2 Å². The normalized spacial score (nSPS) is 18.3.